The molecule has 0 aromatic heterocycles. The number of rotatable bonds is 0. The zero-order valence-electron chi connectivity index (χ0n) is 8.76. The zero-order chi connectivity index (χ0) is 9.31. The van der Waals surface area contributed by atoms with Gasteiger partial charge in [0.25, 0.3) is 0 Å². The summed E-state index contributed by atoms with van der Waals surface area (Å²) in [6.45, 7) is 2.22. The highest BCUT2D eigenvalue weighted by Crippen LogP contribution is 2.49. The first kappa shape index (κ1) is 9.51. The van der Waals surface area contributed by atoms with Crippen molar-refractivity contribution in [2.45, 2.75) is 64.4 Å². The van der Waals surface area contributed by atoms with E-state index >= 15 is 0 Å². The first-order valence-electron chi connectivity index (χ1n) is 5.93. The third-order valence-electron chi connectivity index (χ3n) is 4.35. The van der Waals surface area contributed by atoms with Gasteiger partial charge in [-0.05, 0) is 37.0 Å². The molecule has 2 aliphatic rings. The molecule has 0 saturated heterocycles. The van der Waals surface area contributed by atoms with E-state index in [1.165, 1.54) is 51.4 Å². The van der Waals surface area contributed by atoms with E-state index in [0.29, 0.717) is 11.3 Å². The fourth-order valence-electron chi connectivity index (χ4n) is 3.49. The summed E-state index contributed by atoms with van der Waals surface area (Å²) in [4.78, 5) is 0. The van der Waals surface area contributed by atoms with Crippen LogP contribution in [0.3, 0.4) is 0 Å². The van der Waals surface area contributed by atoms with Crippen LogP contribution in [0.4, 0.5) is 0 Å². The minimum atomic E-state index is 0.00144. The molecule has 0 aromatic rings. The Balaban J connectivity index is 2.09. The van der Waals surface area contributed by atoms with Crippen molar-refractivity contribution in [3.8, 4) is 0 Å². The minimum absolute atomic E-state index is 0.00144. The van der Waals surface area contributed by atoms with Crippen LogP contribution in [0.25, 0.3) is 0 Å². The molecule has 1 nitrogen and oxygen atoms in total. The van der Waals surface area contributed by atoms with Gasteiger partial charge in [-0.25, -0.2) is 0 Å². The van der Waals surface area contributed by atoms with Crippen LogP contribution in [0.1, 0.15) is 58.3 Å². The quantitative estimate of drug-likeness (QED) is 0.610. The van der Waals surface area contributed by atoms with E-state index in [4.69, 9.17) is 0 Å². The zero-order valence-corrected chi connectivity index (χ0v) is 8.76. The summed E-state index contributed by atoms with van der Waals surface area (Å²) in [5.74, 6) is 0.548. The third kappa shape index (κ3) is 1.63. The highest BCUT2D eigenvalue weighted by molar-refractivity contribution is 4.94. The van der Waals surface area contributed by atoms with E-state index in [9.17, 15) is 5.11 Å². The maximum atomic E-state index is 10.3. The lowest BCUT2D eigenvalue weighted by Crippen LogP contribution is -2.44. The van der Waals surface area contributed by atoms with Crippen molar-refractivity contribution in [1.29, 1.82) is 0 Å². The van der Waals surface area contributed by atoms with Crippen LogP contribution in [0.2, 0.25) is 0 Å². The second-order valence-electron chi connectivity index (χ2n) is 5.24. The van der Waals surface area contributed by atoms with E-state index in [2.05, 4.69) is 6.92 Å². The molecule has 0 aliphatic heterocycles. The number of aliphatic hydroxyl groups excluding tert-OH is 1. The number of hydrogen-bond donors (Lipinski definition) is 1. The molecule has 2 rings (SSSR count). The fourth-order valence-corrected chi connectivity index (χ4v) is 3.49. The van der Waals surface area contributed by atoms with Gasteiger partial charge in [-0.1, -0.05) is 32.6 Å². The van der Waals surface area contributed by atoms with Gasteiger partial charge in [0.1, 0.15) is 0 Å². The van der Waals surface area contributed by atoms with Crippen LogP contribution in [0.5, 0.6) is 0 Å². The van der Waals surface area contributed by atoms with Gasteiger partial charge in [0, 0.05) is 0 Å². The van der Waals surface area contributed by atoms with Crippen LogP contribution < -0.4 is 0 Å². The summed E-state index contributed by atoms with van der Waals surface area (Å²) in [7, 11) is 0. The molecule has 0 amide bonds. The fraction of sp³-hybridized carbons (Fsp3) is 1.00. The van der Waals surface area contributed by atoms with Crippen LogP contribution in [-0.2, 0) is 0 Å². The molecule has 0 bridgehead atoms. The van der Waals surface area contributed by atoms with Gasteiger partial charge < -0.3 is 5.11 Å². The molecular formula is C12H22O. The molecule has 0 radical (unpaired) electrons. The van der Waals surface area contributed by atoms with Gasteiger partial charge in [0.05, 0.1) is 6.10 Å². The maximum absolute atomic E-state index is 10.3. The third-order valence-corrected chi connectivity index (χ3v) is 4.35. The van der Waals surface area contributed by atoms with Crippen molar-refractivity contribution in [2.75, 3.05) is 0 Å². The van der Waals surface area contributed by atoms with Crippen molar-refractivity contribution in [2.24, 2.45) is 11.3 Å². The predicted molar refractivity (Wildman–Crippen MR) is 54.5 cm³/mol. The molecule has 0 heterocycles. The molecule has 0 aromatic carbocycles. The first-order valence-corrected chi connectivity index (χ1v) is 5.93. The van der Waals surface area contributed by atoms with Crippen molar-refractivity contribution in [3.63, 3.8) is 0 Å². The largest absolute Gasteiger partial charge is 0.392 e. The van der Waals surface area contributed by atoms with E-state index in [1.807, 2.05) is 0 Å². The smallest absolute Gasteiger partial charge is 0.0621 e. The Hall–Kier alpha value is -0.0400. The summed E-state index contributed by atoms with van der Waals surface area (Å²) in [5.41, 5.74) is 0.343. The molecule has 1 spiro atoms. The van der Waals surface area contributed by atoms with Crippen LogP contribution in [0.15, 0.2) is 0 Å². The topological polar surface area (TPSA) is 20.2 Å². The Kier molecular flexibility index (Phi) is 2.64. The number of aliphatic hydroxyl groups is 1. The van der Waals surface area contributed by atoms with Crippen molar-refractivity contribution in [1.82, 2.24) is 0 Å². The van der Waals surface area contributed by atoms with Crippen LogP contribution in [0, 0.1) is 11.3 Å². The molecule has 2 saturated carbocycles. The van der Waals surface area contributed by atoms with Gasteiger partial charge in [-0.2, -0.15) is 0 Å². The summed E-state index contributed by atoms with van der Waals surface area (Å²) in [6, 6.07) is 0. The molecule has 1 N–H and O–H groups in total. The summed E-state index contributed by atoms with van der Waals surface area (Å²) in [6.07, 6.45) is 10.6. The second kappa shape index (κ2) is 3.61. The Morgan fingerprint density at radius 3 is 2.31 bits per heavy atom. The standard InChI is InChI=1S/C12H22O/c1-10-6-5-9-12(11(10)13)7-3-2-4-8-12/h10-11,13H,2-9H2,1H3. The van der Waals surface area contributed by atoms with E-state index in [1.54, 1.807) is 0 Å². The monoisotopic (exact) mass is 182 g/mol. The Bertz CT molecular complexity index is 164. The SMILES string of the molecule is CC1CCCC2(CCCCC2)C1O. The van der Waals surface area contributed by atoms with Gasteiger partial charge in [-0.3, -0.25) is 0 Å². The minimum Gasteiger partial charge on any atom is -0.392 e. The van der Waals surface area contributed by atoms with Crippen molar-refractivity contribution in [3.05, 3.63) is 0 Å². The lowest BCUT2D eigenvalue weighted by Gasteiger charge is -2.47. The lowest BCUT2D eigenvalue weighted by atomic mass is 9.61. The normalized spacial score (nSPS) is 39.2. The molecule has 13 heavy (non-hydrogen) atoms. The Morgan fingerprint density at radius 1 is 1.00 bits per heavy atom. The molecule has 2 unspecified atom stereocenters. The highest BCUT2D eigenvalue weighted by atomic mass is 16.3. The predicted octanol–water partition coefficient (Wildman–Crippen LogP) is 3.12. The highest BCUT2D eigenvalue weighted by Gasteiger charge is 2.43. The lowest BCUT2D eigenvalue weighted by molar-refractivity contribution is -0.0680. The van der Waals surface area contributed by atoms with Gasteiger partial charge in [-0.15, -0.1) is 0 Å². The molecule has 2 atom stereocenters. The van der Waals surface area contributed by atoms with Gasteiger partial charge in [0.2, 0.25) is 0 Å². The molecule has 76 valence electrons. The van der Waals surface area contributed by atoms with Gasteiger partial charge in [0.15, 0.2) is 0 Å². The van der Waals surface area contributed by atoms with Gasteiger partial charge >= 0.3 is 0 Å². The maximum Gasteiger partial charge on any atom is 0.0621 e. The molecule has 2 fully saturated rings. The summed E-state index contributed by atoms with van der Waals surface area (Å²) >= 11 is 0. The molecular weight excluding hydrogens is 160 g/mol. The Morgan fingerprint density at radius 2 is 1.62 bits per heavy atom. The average molecular weight is 182 g/mol. The first-order chi connectivity index (χ1) is 6.25. The molecule has 1 heteroatoms. The van der Waals surface area contributed by atoms with Crippen molar-refractivity contribution < 1.29 is 5.11 Å². The average Bonchev–Trinajstić information content (AvgIpc) is 2.16. The van der Waals surface area contributed by atoms with E-state index in [-0.39, 0.29) is 6.10 Å². The number of hydrogen-bond acceptors (Lipinski definition) is 1. The summed E-state index contributed by atoms with van der Waals surface area (Å²) < 4.78 is 0. The van der Waals surface area contributed by atoms with Crippen LogP contribution in [-0.4, -0.2) is 11.2 Å². The Labute approximate surface area is 81.5 Å². The molecule has 2 aliphatic carbocycles. The summed E-state index contributed by atoms with van der Waals surface area (Å²) in [5, 5.41) is 10.3. The van der Waals surface area contributed by atoms with Crippen LogP contribution >= 0.6 is 0 Å². The van der Waals surface area contributed by atoms with Crippen molar-refractivity contribution >= 4 is 0 Å². The second-order valence-corrected chi connectivity index (χ2v) is 5.24. The van der Waals surface area contributed by atoms with E-state index < -0.39 is 0 Å². The van der Waals surface area contributed by atoms with E-state index in [0.717, 1.165) is 0 Å².